The van der Waals surface area contributed by atoms with Gasteiger partial charge in [-0.1, -0.05) is 103 Å². The molecule has 4 bridgehead atoms. The topological polar surface area (TPSA) is 90.9 Å². The number of carbonyl (C=O) groups excluding carboxylic acids is 2. The first-order chi connectivity index (χ1) is 24.3. The average Bonchev–Trinajstić information content (AvgIpc) is 3.10. The first kappa shape index (κ1) is 34.5. The molecule has 4 saturated carbocycles. The molecule has 0 aliphatic heterocycles. The van der Waals surface area contributed by atoms with Gasteiger partial charge in [-0.2, -0.15) is 0 Å². The summed E-state index contributed by atoms with van der Waals surface area (Å²) in [5.41, 5.74) is 2.19. The van der Waals surface area contributed by atoms with E-state index in [-0.39, 0.29) is 25.8 Å². The molecule has 262 valence electrons. The predicted octanol–water partition coefficient (Wildman–Crippen LogP) is 9.32. The van der Waals surface area contributed by atoms with Gasteiger partial charge in [0.25, 0.3) is 0 Å². The van der Waals surface area contributed by atoms with E-state index in [0.29, 0.717) is 24.2 Å². The summed E-state index contributed by atoms with van der Waals surface area (Å²) in [6.07, 6.45) is 6.14. The van der Waals surface area contributed by atoms with Gasteiger partial charge in [-0.05, 0) is 97.1 Å². The minimum Gasteiger partial charge on any atom is -0.466 e. The van der Waals surface area contributed by atoms with Crippen molar-refractivity contribution in [2.24, 2.45) is 23.7 Å². The molecule has 1 amide bonds. The Labute approximate surface area is 295 Å². The Balaban J connectivity index is 1.24. The van der Waals surface area contributed by atoms with E-state index < -0.39 is 36.7 Å². The van der Waals surface area contributed by atoms with Crippen molar-refractivity contribution in [2.45, 2.75) is 76.3 Å². The van der Waals surface area contributed by atoms with E-state index in [1.54, 1.807) is 6.92 Å². The zero-order valence-electron chi connectivity index (χ0n) is 28.9. The highest BCUT2D eigenvalue weighted by atomic mass is 31.2. The van der Waals surface area contributed by atoms with E-state index in [1.807, 2.05) is 78.9 Å². The van der Waals surface area contributed by atoms with Gasteiger partial charge in [0.05, 0.1) is 18.1 Å². The van der Waals surface area contributed by atoms with E-state index in [0.717, 1.165) is 46.7 Å². The van der Waals surface area contributed by atoms with Crippen molar-refractivity contribution >= 4 is 30.2 Å². The van der Waals surface area contributed by atoms with Crippen LogP contribution in [0.1, 0.15) is 62.1 Å². The van der Waals surface area contributed by atoms with Crippen LogP contribution in [-0.4, -0.2) is 36.2 Å². The van der Waals surface area contributed by atoms with Gasteiger partial charge in [0.15, 0.2) is 0 Å². The fraction of sp³-hybridized carbons (Fsp3) is 0.429. The first-order valence-electron chi connectivity index (χ1n) is 18.2. The highest BCUT2D eigenvalue weighted by Crippen LogP contribution is 2.65. The third-order valence-corrected chi connectivity index (χ3v) is 13.9. The molecule has 8 heteroatoms. The van der Waals surface area contributed by atoms with Crippen LogP contribution in [0.3, 0.4) is 0 Å². The molecule has 4 aromatic rings. The molecule has 0 heterocycles. The maximum atomic E-state index is 16.0. The van der Waals surface area contributed by atoms with E-state index >= 15 is 4.57 Å². The molecule has 0 saturated heterocycles. The number of fused-ring (bicyclic) bond motifs is 1. The van der Waals surface area contributed by atoms with Crippen LogP contribution < -0.4 is 5.32 Å². The van der Waals surface area contributed by atoms with Crippen molar-refractivity contribution < 1.29 is 28.2 Å². The molecule has 0 spiro atoms. The summed E-state index contributed by atoms with van der Waals surface area (Å²) in [6, 6.07) is 33.5. The number of benzene rings is 4. The molecular weight excluding hydrogens is 645 g/mol. The van der Waals surface area contributed by atoms with Gasteiger partial charge in [-0.15, -0.1) is 0 Å². The van der Waals surface area contributed by atoms with Crippen molar-refractivity contribution in [3.05, 3.63) is 120 Å². The molecule has 4 aromatic carbocycles. The van der Waals surface area contributed by atoms with Crippen LogP contribution in [0.2, 0.25) is 0 Å². The number of alkyl carbamates (subject to hydrolysis) is 1. The predicted molar refractivity (Wildman–Crippen MR) is 196 cm³/mol. The van der Waals surface area contributed by atoms with Crippen molar-refractivity contribution in [3.8, 4) is 0 Å². The molecular formula is C42H48NO6P. The minimum atomic E-state index is -3.82. The van der Waals surface area contributed by atoms with Gasteiger partial charge >= 0.3 is 12.1 Å². The molecule has 3 unspecified atom stereocenters. The van der Waals surface area contributed by atoms with Crippen LogP contribution in [0.15, 0.2) is 103 Å². The Morgan fingerprint density at radius 2 is 1.34 bits per heavy atom. The van der Waals surface area contributed by atoms with Crippen LogP contribution in [0.25, 0.3) is 10.8 Å². The zero-order chi connectivity index (χ0) is 34.6. The monoisotopic (exact) mass is 693 g/mol. The molecule has 1 N–H and O–H groups in total. The fourth-order valence-electron chi connectivity index (χ4n) is 9.17. The molecule has 7 nitrogen and oxygen atoms in total. The number of amides is 1. The number of nitrogens with one attached hydrogen (secondary N) is 1. The zero-order valence-corrected chi connectivity index (χ0v) is 29.8. The molecule has 4 aliphatic rings. The van der Waals surface area contributed by atoms with E-state index in [4.69, 9.17) is 14.0 Å². The summed E-state index contributed by atoms with van der Waals surface area (Å²) >= 11 is 0. The van der Waals surface area contributed by atoms with Crippen LogP contribution in [0.4, 0.5) is 4.79 Å². The van der Waals surface area contributed by atoms with Crippen LogP contribution in [0.5, 0.6) is 0 Å². The molecule has 4 fully saturated rings. The Kier molecular flexibility index (Phi) is 10.4. The SMILES string of the molecule is CCOC(=O)C(Cc1ccc2ccccc2c1)CP(=O)(OC12CC3CC(CC(C3)C1)C2)C(Cc1ccccc1)NC(=O)OCc1ccccc1. The number of carbonyl (C=O) groups is 2. The number of hydrogen-bond donors (Lipinski definition) is 1. The van der Waals surface area contributed by atoms with Gasteiger partial charge in [0, 0.05) is 12.6 Å². The molecule has 4 aliphatic carbocycles. The minimum absolute atomic E-state index is 0.0448. The Hall–Kier alpha value is -3.93. The largest absolute Gasteiger partial charge is 0.466 e. The van der Waals surface area contributed by atoms with Crippen molar-refractivity contribution in [2.75, 3.05) is 12.8 Å². The maximum Gasteiger partial charge on any atom is 0.408 e. The second kappa shape index (κ2) is 15.1. The highest BCUT2D eigenvalue weighted by molar-refractivity contribution is 7.59. The Bertz CT molecular complexity index is 1790. The summed E-state index contributed by atoms with van der Waals surface area (Å²) in [4.78, 5) is 27.4. The third-order valence-electron chi connectivity index (χ3n) is 11.0. The second-order valence-corrected chi connectivity index (χ2v) is 17.5. The Morgan fingerprint density at radius 1 is 0.740 bits per heavy atom. The molecule has 50 heavy (non-hydrogen) atoms. The third kappa shape index (κ3) is 8.16. The molecule has 3 atom stereocenters. The lowest BCUT2D eigenvalue weighted by Gasteiger charge is -2.57. The van der Waals surface area contributed by atoms with Gasteiger partial charge in [0.2, 0.25) is 7.37 Å². The van der Waals surface area contributed by atoms with E-state index in [1.165, 1.54) is 19.3 Å². The van der Waals surface area contributed by atoms with E-state index in [9.17, 15) is 9.59 Å². The first-order valence-corrected chi connectivity index (χ1v) is 20.1. The maximum absolute atomic E-state index is 16.0. The summed E-state index contributed by atoms with van der Waals surface area (Å²) in [5.74, 6) is -0.371. The average molecular weight is 694 g/mol. The second-order valence-electron chi connectivity index (χ2n) is 14.8. The highest BCUT2D eigenvalue weighted by Gasteiger charge is 2.56. The van der Waals surface area contributed by atoms with Gasteiger partial charge in [0.1, 0.15) is 12.4 Å². The summed E-state index contributed by atoms with van der Waals surface area (Å²) in [5, 5.41) is 5.21. The van der Waals surface area contributed by atoms with Gasteiger partial charge in [-0.3, -0.25) is 9.36 Å². The van der Waals surface area contributed by atoms with Crippen molar-refractivity contribution in [3.63, 3.8) is 0 Å². The Morgan fingerprint density at radius 3 is 1.98 bits per heavy atom. The van der Waals surface area contributed by atoms with Gasteiger partial charge in [-0.25, -0.2) is 4.79 Å². The van der Waals surface area contributed by atoms with Crippen LogP contribution in [-0.2, 0) is 42.8 Å². The molecule has 0 radical (unpaired) electrons. The standard InChI is InChI=1S/C42H48NO6P/c1-2-47-40(44)38(23-32-17-18-36-15-9-10-16-37(36)22-32)29-50(46,49-42-25-33-19-34(26-42)21-35(20-33)27-42)39(24-30-11-5-3-6-12-30)43-41(45)48-28-31-13-7-4-8-14-31/h3-18,22,33-35,38-39H,2,19-21,23-29H2,1H3,(H,43,45). The number of hydrogen-bond acceptors (Lipinski definition) is 6. The molecule has 8 rings (SSSR count). The lowest BCUT2D eigenvalue weighted by molar-refractivity contribution is -0.147. The smallest absolute Gasteiger partial charge is 0.408 e. The summed E-state index contributed by atoms with van der Waals surface area (Å²) in [7, 11) is -3.82. The van der Waals surface area contributed by atoms with E-state index in [2.05, 4.69) is 29.6 Å². The number of ether oxygens (including phenoxy) is 2. The number of esters is 1. The molecule has 0 aromatic heterocycles. The lowest BCUT2D eigenvalue weighted by atomic mass is 9.54. The lowest BCUT2D eigenvalue weighted by Crippen LogP contribution is -2.52. The quantitative estimate of drug-likeness (QED) is 0.105. The van der Waals surface area contributed by atoms with Crippen molar-refractivity contribution in [1.82, 2.24) is 5.32 Å². The fourth-order valence-corrected chi connectivity index (χ4v) is 12.2. The normalized spacial score (nSPS) is 24.6. The van der Waals surface area contributed by atoms with Gasteiger partial charge < -0.3 is 19.3 Å². The summed E-state index contributed by atoms with van der Waals surface area (Å²) in [6.45, 7) is 2.09. The van der Waals surface area contributed by atoms with Crippen LogP contribution in [0, 0.1) is 23.7 Å². The summed E-state index contributed by atoms with van der Waals surface area (Å²) < 4.78 is 34.6. The van der Waals surface area contributed by atoms with Crippen molar-refractivity contribution in [1.29, 1.82) is 0 Å². The number of rotatable bonds is 14. The van der Waals surface area contributed by atoms with Crippen LogP contribution >= 0.6 is 7.37 Å².